The Hall–Kier alpha value is -2.68. The maximum Gasteiger partial charge on any atom is 0.192 e. The summed E-state index contributed by atoms with van der Waals surface area (Å²) in [6, 6.07) is 33.8. The Morgan fingerprint density at radius 2 is 1.32 bits per heavy atom. The van der Waals surface area contributed by atoms with Crippen LogP contribution in [0.4, 0.5) is 0 Å². The fraction of sp³-hybridized carbons (Fsp3) is 0.312. The fourth-order valence-corrected chi connectivity index (χ4v) is 8.46. The molecular formula is C32H38OSi. The lowest BCUT2D eigenvalue weighted by molar-refractivity contribution is 0.0615. The van der Waals surface area contributed by atoms with E-state index in [4.69, 9.17) is 4.43 Å². The number of hydrogen-bond donors (Lipinski definition) is 0. The molecule has 0 saturated carbocycles. The van der Waals surface area contributed by atoms with E-state index in [-0.39, 0.29) is 5.60 Å². The van der Waals surface area contributed by atoms with Crippen molar-refractivity contribution < 1.29 is 4.43 Å². The zero-order valence-corrected chi connectivity index (χ0v) is 22.0. The van der Waals surface area contributed by atoms with Crippen LogP contribution in [0.25, 0.3) is 17.7 Å². The van der Waals surface area contributed by atoms with Crippen LogP contribution in [0, 0.1) is 0 Å². The minimum Gasteiger partial charge on any atom is -0.410 e. The molecule has 1 aliphatic rings. The second-order valence-corrected chi connectivity index (χ2v) is 14.3. The highest BCUT2D eigenvalue weighted by molar-refractivity contribution is 6.73. The van der Waals surface area contributed by atoms with E-state index >= 15 is 0 Å². The van der Waals surface area contributed by atoms with E-state index in [2.05, 4.69) is 124 Å². The molecular weight excluding hydrogens is 428 g/mol. The maximum atomic E-state index is 7.42. The molecule has 0 fully saturated rings. The standard InChI is InChI=1S/C32H38OSi/c1-4-34(5-2,6-3)33-32(23-15-20-27-16-9-7-10-17-27)25-29-21-13-14-22-31(29)30(26-32)24-28-18-11-8-12-19-28/h7-22,24H,4-6,23,25-26H2,1-3H3/b20-15+,30-24+/t32-/m1/s1. The largest absolute Gasteiger partial charge is 0.410 e. The van der Waals surface area contributed by atoms with Gasteiger partial charge in [-0.15, -0.1) is 0 Å². The first-order valence-corrected chi connectivity index (χ1v) is 15.4. The Balaban J connectivity index is 1.76. The zero-order chi connectivity index (χ0) is 23.9. The average Bonchev–Trinajstić information content (AvgIpc) is 2.89. The van der Waals surface area contributed by atoms with E-state index < -0.39 is 8.32 Å². The van der Waals surface area contributed by atoms with Gasteiger partial charge in [-0.3, -0.25) is 0 Å². The van der Waals surface area contributed by atoms with Crippen LogP contribution in [0.1, 0.15) is 55.9 Å². The average molecular weight is 467 g/mol. The van der Waals surface area contributed by atoms with Gasteiger partial charge in [0.1, 0.15) is 0 Å². The predicted octanol–water partition coefficient (Wildman–Crippen LogP) is 9.04. The highest BCUT2D eigenvalue weighted by atomic mass is 28.4. The van der Waals surface area contributed by atoms with Gasteiger partial charge in [-0.2, -0.15) is 0 Å². The Morgan fingerprint density at radius 1 is 0.735 bits per heavy atom. The molecule has 34 heavy (non-hydrogen) atoms. The SMILES string of the molecule is CC[Si](CC)(CC)O[C@@]1(C/C=C/c2ccccc2)C/C(=C\c2ccccc2)c2ccccc2C1. The Kier molecular flexibility index (Phi) is 8.02. The van der Waals surface area contributed by atoms with Crippen molar-refractivity contribution >= 4 is 26.0 Å². The summed E-state index contributed by atoms with van der Waals surface area (Å²) in [4.78, 5) is 0. The van der Waals surface area contributed by atoms with Crippen LogP contribution >= 0.6 is 0 Å². The molecule has 0 unspecified atom stereocenters. The topological polar surface area (TPSA) is 9.23 Å². The third kappa shape index (κ3) is 5.68. The van der Waals surface area contributed by atoms with Crippen LogP contribution < -0.4 is 0 Å². The van der Waals surface area contributed by atoms with Crippen LogP contribution in [-0.4, -0.2) is 13.9 Å². The Morgan fingerprint density at radius 3 is 1.97 bits per heavy atom. The molecule has 0 aliphatic heterocycles. The van der Waals surface area contributed by atoms with Crippen molar-refractivity contribution in [2.24, 2.45) is 0 Å². The van der Waals surface area contributed by atoms with Crippen molar-refractivity contribution in [3.63, 3.8) is 0 Å². The fourth-order valence-electron chi connectivity index (χ4n) is 5.38. The number of hydrogen-bond acceptors (Lipinski definition) is 1. The van der Waals surface area contributed by atoms with Gasteiger partial charge < -0.3 is 4.43 Å². The van der Waals surface area contributed by atoms with E-state index in [1.165, 1.54) is 46.0 Å². The molecule has 0 bridgehead atoms. The zero-order valence-electron chi connectivity index (χ0n) is 21.0. The number of rotatable bonds is 9. The van der Waals surface area contributed by atoms with Gasteiger partial charge in [0.2, 0.25) is 0 Å². The minimum absolute atomic E-state index is 0.200. The first kappa shape index (κ1) is 24.4. The third-order valence-corrected chi connectivity index (χ3v) is 12.2. The molecule has 0 radical (unpaired) electrons. The molecule has 0 spiro atoms. The molecule has 0 saturated heterocycles. The lowest BCUT2D eigenvalue weighted by Crippen LogP contribution is -2.49. The van der Waals surface area contributed by atoms with Gasteiger partial charge in [0.25, 0.3) is 0 Å². The lowest BCUT2D eigenvalue weighted by Gasteiger charge is -2.46. The van der Waals surface area contributed by atoms with Gasteiger partial charge in [0, 0.05) is 12.8 Å². The van der Waals surface area contributed by atoms with Crippen LogP contribution in [0.15, 0.2) is 91.0 Å². The van der Waals surface area contributed by atoms with Crippen LogP contribution in [-0.2, 0) is 10.8 Å². The molecule has 1 nitrogen and oxygen atoms in total. The van der Waals surface area contributed by atoms with Crippen LogP contribution in [0.3, 0.4) is 0 Å². The first-order valence-electron chi connectivity index (χ1n) is 12.9. The Labute approximate surface area is 207 Å². The van der Waals surface area contributed by atoms with Crippen molar-refractivity contribution in [2.75, 3.05) is 0 Å². The van der Waals surface area contributed by atoms with E-state index in [0.29, 0.717) is 0 Å². The van der Waals surface area contributed by atoms with Crippen molar-refractivity contribution in [3.05, 3.63) is 113 Å². The quantitative estimate of drug-likeness (QED) is 0.286. The van der Waals surface area contributed by atoms with Gasteiger partial charge in [-0.05, 0) is 52.4 Å². The van der Waals surface area contributed by atoms with Crippen LogP contribution in [0.5, 0.6) is 0 Å². The van der Waals surface area contributed by atoms with Crippen molar-refractivity contribution in [2.45, 2.75) is 63.8 Å². The molecule has 0 aromatic heterocycles. The van der Waals surface area contributed by atoms with Gasteiger partial charge >= 0.3 is 0 Å². The second kappa shape index (κ2) is 11.2. The molecule has 0 heterocycles. The summed E-state index contributed by atoms with van der Waals surface area (Å²) >= 11 is 0. The van der Waals surface area contributed by atoms with E-state index in [9.17, 15) is 0 Å². The number of fused-ring (bicyclic) bond motifs is 1. The normalized spacial score (nSPS) is 19.4. The second-order valence-electron chi connectivity index (χ2n) is 9.64. The van der Waals surface area contributed by atoms with E-state index in [1.54, 1.807) is 0 Å². The van der Waals surface area contributed by atoms with Gasteiger partial charge in [0.15, 0.2) is 8.32 Å². The van der Waals surface area contributed by atoms with Crippen molar-refractivity contribution in [3.8, 4) is 0 Å². The molecule has 1 aliphatic carbocycles. The monoisotopic (exact) mass is 466 g/mol. The number of benzene rings is 3. The maximum absolute atomic E-state index is 7.42. The Bertz CT molecular complexity index is 1100. The molecule has 176 valence electrons. The van der Waals surface area contributed by atoms with Crippen LogP contribution in [0.2, 0.25) is 18.1 Å². The summed E-state index contributed by atoms with van der Waals surface area (Å²) < 4.78 is 7.42. The van der Waals surface area contributed by atoms with Crippen molar-refractivity contribution in [1.82, 2.24) is 0 Å². The summed E-state index contributed by atoms with van der Waals surface area (Å²) in [6.45, 7) is 7.01. The first-order chi connectivity index (χ1) is 16.6. The van der Waals surface area contributed by atoms with Gasteiger partial charge in [-0.25, -0.2) is 0 Å². The van der Waals surface area contributed by atoms with E-state index in [0.717, 1.165) is 19.3 Å². The molecule has 1 atom stereocenters. The highest BCUT2D eigenvalue weighted by Gasteiger charge is 2.43. The minimum atomic E-state index is -1.81. The summed E-state index contributed by atoms with van der Waals surface area (Å²) in [6.07, 6.45) is 9.85. The molecule has 0 amide bonds. The molecule has 3 aromatic carbocycles. The molecule has 2 heteroatoms. The molecule has 4 rings (SSSR count). The van der Waals surface area contributed by atoms with Gasteiger partial charge in [-0.1, -0.05) is 124 Å². The van der Waals surface area contributed by atoms with Gasteiger partial charge in [0.05, 0.1) is 5.60 Å². The predicted molar refractivity (Wildman–Crippen MR) is 150 cm³/mol. The third-order valence-electron chi connectivity index (χ3n) is 7.49. The summed E-state index contributed by atoms with van der Waals surface area (Å²) in [7, 11) is -1.81. The lowest BCUT2D eigenvalue weighted by atomic mass is 9.75. The summed E-state index contributed by atoms with van der Waals surface area (Å²) in [5, 5.41) is 0. The molecule has 0 N–H and O–H groups in total. The van der Waals surface area contributed by atoms with Crippen molar-refractivity contribution in [1.29, 1.82) is 0 Å². The molecule has 3 aromatic rings. The highest BCUT2D eigenvalue weighted by Crippen LogP contribution is 2.44. The smallest absolute Gasteiger partial charge is 0.192 e. The van der Waals surface area contributed by atoms with E-state index in [1.807, 2.05) is 0 Å². The summed E-state index contributed by atoms with van der Waals surface area (Å²) in [5.41, 5.74) is 6.50. The summed E-state index contributed by atoms with van der Waals surface area (Å²) in [5.74, 6) is 0.